The van der Waals surface area contributed by atoms with Crippen molar-refractivity contribution in [2.45, 2.75) is 18.5 Å². The second kappa shape index (κ2) is 7.57. The van der Waals surface area contributed by atoms with Crippen LogP contribution < -0.4 is 5.56 Å². The Kier molecular flexibility index (Phi) is 5.21. The molecule has 3 rings (SSSR count). The summed E-state index contributed by atoms with van der Waals surface area (Å²) in [5.41, 5.74) is 0.380. The average Bonchev–Trinajstić information content (AvgIpc) is 2.66. The van der Waals surface area contributed by atoms with Crippen molar-refractivity contribution in [1.82, 2.24) is 9.97 Å². The van der Waals surface area contributed by atoms with Gasteiger partial charge >= 0.3 is 6.18 Å². The third-order valence-corrected chi connectivity index (χ3v) is 4.18. The lowest BCUT2D eigenvalue weighted by Crippen LogP contribution is -2.13. The molecule has 2 heterocycles. The molecule has 1 atom stereocenters. The number of benzene rings is 1. The summed E-state index contributed by atoms with van der Waals surface area (Å²) in [4.78, 5) is 30.5. The van der Waals surface area contributed by atoms with Crippen molar-refractivity contribution in [1.29, 1.82) is 0 Å². The zero-order valence-electron chi connectivity index (χ0n) is 14.0. The molecule has 0 aliphatic rings. The van der Waals surface area contributed by atoms with Gasteiger partial charge in [0, 0.05) is 42.1 Å². The van der Waals surface area contributed by atoms with Crippen LogP contribution in [0, 0.1) is 0 Å². The minimum atomic E-state index is -4.43. The van der Waals surface area contributed by atoms with Crippen LogP contribution in [0.3, 0.4) is 0 Å². The Hall–Kier alpha value is -3.22. The molecular formula is C20H15F3N2O2. The van der Waals surface area contributed by atoms with E-state index in [1.54, 1.807) is 24.4 Å². The molecule has 3 aromatic rings. The predicted molar refractivity (Wildman–Crippen MR) is 93.5 cm³/mol. The number of hydrogen-bond donors (Lipinski definition) is 1. The highest BCUT2D eigenvalue weighted by atomic mass is 19.4. The summed E-state index contributed by atoms with van der Waals surface area (Å²) in [6.45, 7) is 0. The third-order valence-electron chi connectivity index (χ3n) is 4.18. The number of nitrogens with one attached hydrogen (secondary N) is 1. The lowest BCUT2D eigenvalue weighted by Gasteiger charge is -2.17. The zero-order valence-corrected chi connectivity index (χ0v) is 14.0. The monoisotopic (exact) mass is 372 g/mol. The van der Waals surface area contributed by atoms with Crippen LogP contribution in [0.1, 0.15) is 39.5 Å². The fourth-order valence-electron chi connectivity index (χ4n) is 2.77. The maximum Gasteiger partial charge on any atom is 0.416 e. The minimum absolute atomic E-state index is 0.00835. The molecule has 1 aromatic carbocycles. The zero-order chi connectivity index (χ0) is 19.4. The van der Waals surface area contributed by atoms with E-state index in [2.05, 4.69) is 9.97 Å². The Morgan fingerprint density at radius 2 is 1.78 bits per heavy atom. The van der Waals surface area contributed by atoms with Gasteiger partial charge in [0.2, 0.25) is 5.56 Å². The van der Waals surface area contributed by atoms with Crippen molar-refractivity contribution in [2.75, 3.05) is 0 Å². The fraction of sp³-hybridized carbons (Fsp3) is 0.150. The van der Waals surface area contributed by atoms with Gasteiger partial charge in [-0.05, 0) is 35.9 Å². The molecule has 0 spiro atoms. The SMILES string of the molecule is O=C(C[C@@H](c1ccc(C(F)(F)F)cc1)c1ccccn1)c1ccc(=O)[nH]c1. The van der Waals surface area contributed by atoms with Crippen LogP contribution in [0.2, 0.25) is 0 Å². The number of alkyl halides is 3. The first-order valence-corrected chi connectivity index (χ1v) is 8.14. The van der Waals surface area contributed by atoms with E-state index in [0.717, 1.165) is 12.1 Å². The van der Waals surface area contributed by atoms with E-state index in [0.29, 0.717) is 16.8 Å². The molecule has 7 heteroatoms. The molecule has 0 saturated heterocycles. The van der Waals surface area contributed by atoms with E-state index in [4.69, 9.17) is 0 Å². The van der Waals surface area contributed by atoms with E-state index in [1.165, 1.54) is 30.5 Å². The van der Waals surface area contributed by atoms with Gasteiger partial charge in [-0.15, -0.1) is 0 Å². The number of H-pyrrole nitrogens is 1. The van der Waals surface area contributed by atoms with Crippen molar-refractivity contribution >= 4 is 5.78 Å². The van der Waals surface area contributed by atoms with Gasteiger partial charge in [-0.2, -0.15) is 13.2 Å². The molecular weight excluding hydrogens is 357 g/mol. The minimum Gasteiger partial charge on any atom is -0.328 e. The van der Waals surface area contributed by atoms with Crippen LogP contribution in [0.15, 0.2) is 71.8 Å². The maximum absolute atomic E-state index is 12.8. The van der Waals surface area contributed by atoms with Gasteiger partial charge in [-0.1, -0.05) is 18.2 Å². The first-order valence-electron chi connectivity index (χ1n) is 8.14. The number of carbonyl (C=O) groups is 1. The highest BCUT2D eigenvalue weighted by Crippen LogP contribution is 2.33. The van der Waals surface area contributed by atoms with Gasteiger partial charge in [0.1, 0.15) is 0 Å². The number of hydrogen-bond acceptors (Lipinski definition) is 3. The van der Waals surface area contributed by atoms with Crippen LogP contribution in [-0.2, 0) is 6.18 Å². The van der Waals surface area contributed by atoms with Gasteiger partial charge < -0.3 is 4.98 Å². The Labute approximate surface area is 152 Å². The number of Topliss-reactive ketones (excluding diaryl/α,β-unsaturated/α-hetero) is 1. The number of ketones is 1. The Bertz CT molecular complexity index is 960. The van der Waals surface area contributed by atoms with Gasteiger partial charge in [-0.3, -0.25) is 14.6 Å². The standard InChI is InChI=1S/C20H15F3N2O2/c21-20(22,23)15-7-4-13(5-8-15)16(17-3-1-2-10-24-17)11-18(26)14-6-9-19(27)25-12-14/h1-10,12,16H,11H2,(H,25,27)/t16-/m0/s1. The largest absolute Gasteiger partial charge is 0.416 e. The smallest absolute Gasteiger partial charge is 0.328 e. The van der Waals surface area contributed by atoms with Crippen molar-refractivity contribution in [3.63, 3.8) is 0 Å². The molecule has 2 aromatic heterocycles. The highest BCUT2D eigenvalue weighted by molar-refractivity contribution is 5.96. The number of aromatic amines is 1. The van der Waals surface area contributed by atoms with Crippen molar-refractivity contribution in [3.05, 3.63) is 99.7 Å². The summed E-state index contributed by atoms with van der Waals surface area (Å²) in [5, 5.41) is 0. The summed E-state index contributed by atoms with van der Waals surface area (Å²) in [6, 6.07) is 12.6. The van der Waals surface area contributed by atoms with Crippen molar-refractivity contribution in [2.24, 2.45) is 0 Å². The van der Waals surface area contributed by atoms with E-state index in [-0.39, 0.29) is 17.8 Å². The number of pyridine rings is 2. The molecule has 0 radical (unpaired) electrons. The van der Waals surface area contributed by atoms with Crippen LogP contribution in [-0.4, -0.2) is 15.8 Å². The average molecular weight is 372 g/mol. The van der Waals surface area contributed by atoms with Gasteiger partial charge in [0.25, 0.3) is 0 Å². The Morgan fingerprint density at radius 3 is 2.33 bits per heavy atom. The van der Waals surface area contributed by atoms with E-state index in [1.807, 2.05) is 0 Å². The number of rotatable bonds is 5. The van der Waals surface area contributed by atoms with E-state index < -0.39 is 17.7 Å². The van der Waals surface area contributed by atoms with Crippen LogP contribution in [0.4, 0.5) is 13.2 Å². The highest BCUT2D eigenvalue weighted by Gasteiger charge is 2.30. The molecule has 0 fully saturated rings. The second-order valence-electron chi connectivity index (χ2n) is 6.00. The van der Waals surface area contributed by atoms with E-state index in [9.17, 15) is 22.8 Å². The molecule has 0 saturated carbocycles. The summed E-state index contributed by atoms with van der Waals surface area (Å²) < 4.78 is 38.4. The summed E-state index contributed by atoms with van der Waals surface area (Å²) >= 11 is 0. The first kappa shape index (κ1) is 18.6. The summed E-state index contributed by atoms with van der Waals surface area (Å²) in [6.07, 6.45) is -1.52. The van der Waals surface area contributed by atoms with Gasteiger partial charge in [0.05, 0.1) is 5.56 Å². The van der Waals surface area contributed by atoms with Crippen LogP contribution in [0.25, 0.3) is 0 Å². The molecule has 0 amide bonds. The number of nitrogens with zero attached hydrogens (tertiary/aromatic N) is 1. The molecule has 138 valence electrons. The number of carbonyl (C=O) groups excluding carboxylic acids is 1. The molecule has 0 unspecified atom stereocenters. The number of aromatic nitrogens is 2. The Balaban J connectivity index is 1.93. The lowest BCUT2D eigenvalue weighted by atomic mass is 9.88. The lowest BCUT2D eigenvalue weighted by molar-refractivity contribution is -0.137. The normalized spacial score (nSPS) is 12.6. The van der Waals surface area contributed by atoms with E-state index >= 15 is 0 Å². The quantitative estimate of drug-likeness (QED) is 0.683. The first-order chi connectivity index (χ1) is 12.8. The second-order valence-corrected chi connectivity index (χ2v) is 6.00. The Morgan fingerprint density at radius 1 is 1.04 bits per heavy atom. The molecule has 0 bridgehead atoms. The van der Waals surface area contributed by atoms with Gasteiger partial charge in [-0.25, -0.2) is 0 Å². The summed E-state index contributed by atoms with van der Waals surface area (Å²) in [7, 11) is 0. The molecule has 0 aliphatic carbocycles. The topological polar surface area (TPSA) is 62.8 Å². The molecule has 1 N–H and O–H groups in total. The fourth-order valence-corrected chi connectivity index (χ4v) is 2.77. The third kappa shape index (κ3) is 4.49. The van der Waals surface area contributed by atoms with Crippen LogP contribution in [0.5, 0.6) is 0 Å². The molecule has 0 aliphatic heterocycles. The van der Waals surface area contributed by atoms with Crippen molar-refractivity contribution < 1.29 is 18.0 Å². The predicted octanol–water partition coefficient (Wildman–Crippen LogP) is 4.19. The van der Waals surface area contributed by atoms with Gasteiger partial charge in [0.15, 0.2) is 5.78 Å². The molecule has 4 nitrogen and oxygen atoms in total. The summed E-state index contributed by atoms with van der Waals surface area (Å²) in [5.74, 6) is -0.755. The van der Waals surface area contributed by atoms with Crippen LogP contribution >= 0.6 is 0 Å². The maximum atomic E-state index is 12.8. The number of halogens is 3. The van der Waals surface area contributed by atoms with Crippen molar-refractivity contribution in [3.8, 4) is 0 Å². The molecule has 27 heavy (non-hydrogen) atoms.